The minimum atomic E-state index is 0.888. The van der Waals surface area contributed by atoms with Crippen LogP contribution in [-0.4, -0.2) is 35.3 Å². The Balaban J connectivity index is 3.17. The smallest absolute Gasteiger partial charge is 0.121 e. The predicted octanol–water partition coefficient (Wildman–Crippen LogP) is 1.83. The van der Waals surface area contributed by atoms with E-state index in [-0.39, 0.29) is 0 Å². The van der Waals surface area contributed by atoms with Crippen LogP contribution in [0.2, 0.25) is 0 Å². The molecule has 0 radical (unpaired) electrons. The quantitative estimate of drug-likeness (QED) is 0.730. The zero-order valence-corrected chi connectivity index (χ0v) is 9.53. The van der Waals surface area contributed by atoms with E-state index in [0.29, 0.717) is 0 Å². The summed E-state index contributed by atoms with van der Waals surface area (Å²) in [6, 6.07) is 6.08. The first-order chi connectivity index (χ1) is 6.56. The molecule has 0 saturated carbocycles. The lowest BCUT2D eigenvalue weighted by molar-refractivity contribution is 0.415. The Kier molecular flexibility index (Phi) is 3.23. The Labute approximate surface area is 85.9 Å². The van der Waals surface area contributed by atoms with Crippen LogP contribution in [0.3, 0.4) is 0 Å². The van der Waals surface area contributed by atoms with Gasteiger partial charge in [-0.1, -0.05) is 0 Å². The van der Waals surface area contributed by atoms with E-state index in [9.17, 15) is 0 Å². The summed E-state index contributed by atoms with van der Waals surface area (Å²) in [7, 11) is 9.82. The molecule has 0 aliphatic carbocycles. The maximum absolute atomic E-state index is 5.19. The first-order valence-corrected chi connectivity index (χ1v) is 4.59. The van der Waals surface area contributed by atoms with Gasteiger partial charge in [-0.05, 0) is 12.1 Å². The fourth-order valence-electron chi connectivity index (χ4n) is 1.37. The predicted molar refractivity (Wildman–Crippen MR) is 61.6 cm³/mol. The average molecular weight is 194 g/mol. The highest BCUT2D eigenvalue weighted by atomic mass is 16.5. The third-order valence-electron chi connectivity index (χ3n) is 2.15. The fraction of sp³-hybridized carbons (Fsp3) is 0.455. The summed E-state index contributed by atoms with van der Waals surface area (Å²) in [6.45, 7) is 0. The number of ether oxygens (including phenoxy) is 1. The van der Waals surface area contributed by atoms with E-state index in [1.807, 2.05) is 40.3 Å². The van der Waals surface area contributed by atoms with Crippen LogP contribution in [0.1, 0.15) is 0 Å². The summed E-state index contributed by atoms with van der Waals surface area (Å²) in [5, 5.41) is 0. The Hall–Kier alpha value is -1.38. The topological polar surface area (TPSA) is 15.7 Å². The first kappa shape index (κ1) is 10.7. The van der Waals surface area contributed by atoms with Gasteiger partial charge in [-0.15, -0.1) is 0 Å². The molecule has 0 atom stereocenters. The number of hydrogen-bond acceptors (Lipinski definition) is 3. The molecule has 3 nitrogen and oxygen atoms in total. The van der Waals surface area contributed by atoms with Gasteiger partial charge in [0.1, 0.15) is 5.75 Å². The fourth-order valence-corrected chi connectivity index (χ4v) is 1.37. The molecule has 78 valence electrons. The van der Waals surface area contributed by atoms with Crippen LogP contribution >= 0.6 is 0 Å². The number of methoxy groups -OCH3 is 1. The molecule has 0 aromatic heterocycles. The summed E-state index contributed by atoms with van der Waals surface area (Å²) in [5.74, 6) is 0.888. The van der Waals surface area contributed by atoms with Gasteiger partial charge in [0.15, 0.2) is 0 Å². The van der Waals surface area contributed by atoms with Crippen LogP contribution < -0.4 is 14.5 Å². The Morgan fingerprint density at radius 3 is 1.93 bits per heavy atom. The van der Waals surface area contributed by atoms with E-state index >= 15 is 0 Å². The Morgan fingerprint density at radius 2 is 1.50 bits per heavy atom. The maximum atomic E-state index is 5.19. The highest BCUT2D eigenvalue weighted by Gasteiger charge is 2.07. The molecule has 0 saturated heterocycles. The number of benzene rings is 1. The van der Waals surface area contributed by atoms with E-state index < -0.39 is 0 Å². The highest BCUT2D eigenvalue weighted by Crippen LogP contribution is 2.30. The number of nitrogens with zero attached hydrogens (tertiary/aromatic N) is 2. The van der Waals surface area contributed by atoms with Crippen molar-refractivity contribution in [1.82, 2.24) is 0 Å². The van der Waals surface area contributed by atoms with Gasteiger partial charge >= 0.3 is 0 Å². The molecule has 0 aliphatic rings. The number of hydrogen-bond donors (Lipinski definition) is 0. The molecule has 0 heterocycles. The summed E-state index contributed by atoms with van der Waals surface area (Å²) in [5.41, 5.74) is 2.35. The van der Waals surface area contributed by atoms with Crippen molar-refractivity contribution in [2.24, 2.45) is 0 Å². The Morgan fingerprint density at radius 1 is 0.929 bits per heavy atom. The van der Waals surface area contributed by atoms with Crippen molar-refractivity contribution in [1.29, 1.82) is 0 Å². The molecule has 0 N–H and O–H groups in total. The standard InChI is InChI=1S/C11H18N2O/c1-12(2)10-7-6-9(14-5)8-11(10)13(3)4/h6-8H,1-5H3. The molecule has 1 aromatic rings. The van der Waals surface area contributed by atoms with Gasteiger partial charge in [0.25, 0.3) is 0 Å². The highest BCUT2D eigenvalue weighted by molar-refractivity contribution is 5.72. The van der Waals surface area contributed by atoms with Crippen LogP contribution in [0.4, 0.5) is 11.4 Å². The van der Waals surface area contributed by atoms with Gasteiger partial charge < -0.3 is 14.5 Å². The van der Waals surface area contributed by atoms with E-state index in [0.717, 1.165) is 11.4 Å². The molecule has 0 spiro atoms. The molecule has 0 bridgehead atoms. The van der Waals surface area contributed by atoms with Gasteiger partial charge in [0.05, 0.1) is 18.5 Å². The van der Waals surface area contributed by atoms with Gasteiger partial charge in [-0.2, -0.15) is 0 Å². The molecular weight excluding hydrogens is 176 g/mol. The molecule has 14 heavy (non-hydrogen) atoms. The molecular formula is C11H18N2O. The van der Waals surface area contributed by atoms with Crippen LogP contribution in [0, 0.1) is 0 Å². The normalized spacial score (nSPS) is 9.79. The monoisotopic (exact) mass is 194 g/mol. The van der Waals surface area contributed by atoms with Crippen molar-refractivity contribution in [3.8, 4) is 5.75 Å². The largest absolute Gasteiger partial charge is 0.497 e. The van der Waals surface area contributed by atoms with Gasteiger partial charge in [0.2, 0.25) is 0 Å². The lowest BCUT2D eigenvalue weighted by Crippen LogP contribution is -2.16. The third kappa shape index (κ3) is 2.10. The number of rotatable bonds is 3. The number of anilines is 2. The summed E-state index contributed by atoms with van der Waals surface area (Å²) >= 11 is 0. The van der Waals surface area contributed by atoms with Crippen molar-refractivity contribution in [3.05, 3.63) is 18.2 Å². The molecule has 3 heteroatoms. The SMILES string of the molecule is COc1ccc(N(C)C)c(N(C)C)c1. The van der Waals surface area contributed by atoms with Crippen LogP contribution in [0.25, 0.3) is 0 Å². The van der Waals surface area contributed by atoms with Crippen molar-refractivity contribution >= 4 is 11.4 Å². The van der Waals surface area contributed by atoms with E-state index in [1.165, 1.54) is 5.69 Å². The van der Waals surface area contributed by atoms with Gasteiger partial charge in [-0.25, -0.2) is 0 Å². The molecule has 0 fully saturated rings. The van der Waals surface area contributed by atoms with E-state index in [1.54, 1.807) is 7.11 Å². The van der Waals surface area contributed by atoms with E-state index in [4.69, 9.17) is 4.74 Å². The van der Waals surface area contributed by atoms with Crippen LogP contribution in [0.15, 0.2) is 18.2 Å². The van der Waals surface area contributed by atoms with E-state index in [2.05, 4.69) is 15.9 Å². The van der Waals surface area contributed by atoms with Gasteiger partial charge in [-0.3, -0.25) is 0 Å². The summed E-state index contributed by atoms with van der Waals surface area (Å²) in [6.07, 6.45) is 0. The van der Waals surface area contributed by atoms with Crippen molar-refractivity contribution in [3.63, 3.8) is 0 Å². The average Bonchev–Trinajstić information content (AvgIpc) is 2.16. The maximum Gasteiger partial charge on any atom is 0.121 e. The van der Waals surface area contributed by atoms with Crippen molar-refractivity contribution in [2.45, 2.75) is 0 Å². The third-order valence-corrected chi connectivity index (χ3v) is 2.15. The molecule has 0 amide bonds. The van der Waals surface area contributed by atoms with Crippen LogP contribution in [-0.2, 0) is 0 Å². The Bertz CT molecular complexity index is 308. The molecule has 0 unspecified atom stereocenters. The second-order valence-corrected chi connectivity index (χ2v) is 3.64. The zero-order valence-electron chi connectivity index (χ0n) is 9.53. The first-order valence-electron chi connectivity index (χ1n) is 4.59. The minimum Gasteiger partial charge on any atom is -0.497 e. The lowest BCUT2D eigenvalue weighted by atomic mass is 10.2. The molecule has 1 aromatic carbocycles. The molecule has 1 rings (SSSR count). The van der Waals surface area contributed by atoms with Crippen molar-refractivity contribution < 1.29 is 4.74 Å². The van der Waals surface area contributed by atoms with Crippen molar-refractivity contribution in [2.75, 3.05) is 45.1 Å². The van der Waals surface area contributed by atoms with Crippen LogP contribution in [0.5, 0.6) is 5.75 Å². The second-order valence-electron chi connectivity index (χ2n) is 3.64. The minimum absolute atomic E-state index is 0.888. The van der Waals surface area contributed by atoms with Gasteiger partial charge in [0, 0.05) is 34.3 Å². The second kappa shape index (κ2) is 4.22. The zero-order chi connectivity index (χ0) is 10.7. The lowest BCUT2D eigenvalue weighted by Gasteiger charge is -2.23. The molecule has 0 aliphatic heterocycles. The summed E-state index contributed by atoms with van der Waals surface area (Å²) < 4.78 is 5.19. The summed E-state index contributed by atoms with van der Waals surface area (Å²) in [4.78, 5) is 4.17.